The van der Waals surface area contributed by atoms with E-state index in [0.717, 1.165) is 5.56 Å². The smallest absolute Gasteiger partial charge is 0.263 e. The minimum absolute atomic E-state index is 0. The molecule has 0 radical (unpaired) electrons. The molecular weight excluding hydrogens is 546 g/mol. The number of hydrogen-bond donors (Lipinski definition) is 2. The number of phenols is 1. The zero-order valence-electron chi connectivity index (χ0n) is 23.5. The first kappa shape index (κ1) is 30.0. The van der Waals surface area contributed by atoms with Crippen LogP contribution in [0.15, 0.2) is 61.8 Å². The molecule has 0 fully saturated rings. The lowest BCUT2D eigenvalue weighted by Gasteiger charge is -2.20. The molecule has 216 valence electrons. The standard InChI is InChI=1S/C30H33N5O5.ClH/c1-32(2)13-15-34-27(37)20-9-10-21-25-24(20)22(29(34)39)17-23(31-12-11-18-5-7-19(36)8-6-18)26(25)30(40)35(28(21)38)16-14-33(3)4;/h5-10,17,36,38H,11-16H2,1-4H3;1H. The molecule has 0 unspecified atom stereocenters. The van der Waals surface area contributed by atoms with Crippen molar-refractivity contribution < 1.29 is 10.2 Å². The minimum Gasteiger partial charge on any atom is -0.508 e. The fourth-order valence-corrected chi connectivity index (χ4v) is 5.16. The van der Waals surface area contributed by atoms with Gasteiger partial charge in [0.1, 0.15) is 5.75 Å². The number of likely N-dealkylation sites (N-methyl/N-ethyl adjacent to an activating group) is 2. The van der Waals surface area contributed by atoms with Crippen molar-refractivity contribution in [1.82, 2.24) is 18.9 Å². The SMILES string of the molecule is CN(C)CCn1c(O)c2ccc3c4c2c(c(=NCCc2ccc(O)cc2)cc-4c(=O)n(CCN(C)C)c3=O)c1=O.Cl. The molecule has 2 aliphatic rings. The number of halogens is 1. The summed E-state index contributed by atoms with van der Waals surface area (Å²) in [6.07, 6.45) is 0.553. The predicted octanol–water partition coefficient (Wildman–Crippen LogP) is 1.76. The molecule has 2 N–H and O–H groups in total. The van der Waals surface area contributed by atoms with E-state index in [0.29, 0.717) is 58.7 Å². The van der Waals surface area contributed by atoms with Gasteiger partial charge in [-0.3, -0.25) is 28.5 Å². The van der Waals surface area contributed by atoms with Crippen molar-refractivity contribution in [1.29, 1.82) is 0 Å². The summed E-state index contributed by atoms with van der Waals surface area (Å²) in [7, 11) is 7.51. The van der Waals surface area contributed by atoms with Crippen LogP contribution in [-0.4, -0.2) is 77.0 Å². The molecule has 11 heteroatoms. The van der Waals surface area contributed by atoms with Crippen molar-refractivity contribution in [3.8, 4) is 22.8 Å². The van der Waals surface area contributed by atoms with Crippen LogP contribution in [0.1, 0.15) is 5.56 Å². The lowest BCUT2D eigenvalue weighted by molar-refractivity contribution is 0.353. The molecule has 0 saturated carbocycles. The molecular formula is C30H34ClN5O5. The summed E-state index contributed by atoms with van der Waals surface area (Å²) >= 11 is 0. The Morgan fingerprint density at radius 1 is 0.756 bits per heavy atom. The number of pyridine rings is 2. The molecule has 0 amide bonds. The van der Waals surface area contributed by atoms with Crippen molar-refractivity contribution in [2.24, 2.45) is 4.99 Å². The topological polar surface area (TPSA) is 120 Å². The van der Waals surface area contributed by atoms with Crippen LogP contribution in [0.4, 0.5) is 0 Å². The van der Waals surface area contributed by atoms with Gasteiger partial charge in [-0.1, -0.05) is 12.1 Å². The molecule has 0 atom stereocenters. The third-order valence-corrected chi connectivity index (χ3v) is 7.33. The van der Waals surface area contributed by atoms with Crippen molar-refractivity contribution in [2.75, 3.05) is 47.8 Å². The van der Waals surface area contributed by atoms with E-state index in [2.05, 4.69) is 0 Å². The average Bonchev–Trinajstić information content (AvgIpc) is 2.91. The molecule has 41 heavy (non-hydrogen) atoms. The second-order valence-electron chi connectivity index (χ2n) is 10.7. The zero-order chi connectivity index (χ0) is 28.7. The first-order valence-corrected chi connectivity index (χ1v) is 13.2. The summed E-state index contributed by atoms with van der Waals surface area (Å²) in [5.41, 5.74) is 0.347. The predicted molar refractivity (Wildman–Crippen MR) is 163 cm³/mol. The molecule has 0 spiro atoms. The van der Waals surface area contributed by atoms with Gasteiger partial charge in [-0.2, -0.15) is 0 Å². The summed E-state index contributed by atoms with van der Waals surface area (Å²) < 4.78 is 2.56. The first-order valence-electron chi connectivity index (χ1n) is 13.2. The Balaban J connectivity index is 0.00000387. The number of phenolic OH excluding ortho intramolecular Hbond substituents is 1. The van der Waals surface area contributed by atoms with Gasteiger partial charge in [-0.15, -0.1) is 12.4 Å². The number of benzene rings is 3. The van der Waals surface area contributed by atoms with Crippen LogP contribution in [0.25, 0.3) is 32.7 Å². The monoisotopic (exact) mass is 579 g/mol. The number of aromatic hydroxyl groups is 2. The quantitative estimate of drug-likeness (QED) is 0.255. The molecule has 1 aliphatic carbocycles. The summed E-state index contributed by atoms with van der Waals surface area (Å²) in [5.74, 6) is -0.0264. The molecule has 1 aromatic heterocycles. The first-order chi connectivity index (χ1) is 19.1. The summed E-state index contributed by atoms with van der Waals surface area (Å²) in [4.78, 5) is 49.6. The molecule has 2 heterocycles. The Kier molecular flexibility index (Phi) is 8.67. The van der Waals surface area contributed by atoms with Crippen molar-refractivity contribution >= 4 is 34.0 Å². The highest BCUT2D eigenvalue weighted by Gasteiger charge is 2.26. The van der Waals surface area contributed by atoms with Gasteiger partial charge in [0.2, 0.25) is 5.88 Å². The Labute approximate surface area is 242 Å². The maximum atomic E-state index is 13.9. The summed E-state index contributed by atoms with van der Waals surface area (Å²) in [6.45, 7) is 1.83. The Morgan fingerprint density at radius 2 is 1.37 bits per heavy atom. The second kappa shape index (κ2) is 11.9. The van der Waals surface area contributed by atoms with E-state index < -0.39 is 16.7 Å². The molecule has 0 saturated heterocycles. The lowest BCUT2D eigenvalue weighted by Crippen LogP contribution is -2.39. The van der Waals surface area contributed by atoms with Crippen LogP contribution in [0.5, 0.6) is 11.6 Å². The van der Waals surface area contributed by atoms with E-state index in [9.17, 15) is 24.6 Å². The summed E-state index contributed by atoms with van der Waals surface area (Å²) in [5, 5.41) is 22.5. The molecule has 5 rings (SSSR count). The van der Waals surface area contributed by atoms with E-state index >= 15 is 0 Å². The molecule has 0 bridgehead atoms. The van der Waals surface area contributed by atoms with Gasteiger partial charge in [0.05, 0.1) is 16.3 Å². The van der Waals surface area contributed by atoms with Gasteiger partial charge in [-0.25, -0.2) is 0 Å². The zero-order valence-corrected chi connectivity index (χ0v) is 24.4. The highest BCUT2D eigenvalue weighted by molar-refractivity contribution is 6.15. The van der Waals surface area contributed by atoms with E-state index in [1.807, 2.05) is 50.1 Å². The third kappa shape index (κ3) is 5.50. The van der Waals surface area contributed by atoms with Crippen molar-refractivity contribution in [3.05, 3.63) is 84.4 Å². The molecule has 1 aliphatic heterocycles. The van der Waals surface area contributed by atoms with Gasteiger partial charge in [-0.05, 0) is 70.5 Å². The van der Waals surface area contributed by atoms with Crippen LogP contribution in [0, 0.1) is 0 Å². The summed E-state index contributed by atoms with van der Waals surface area (Å²) in [6, 6.07) is 11.7. The minimum atomic E-state index is -0.444. The van der Waals surface area contributed by atoms with Crippen LogP contribution in [0.2, 0.25) is 0 Å². The number of hydrogen-bond acceptors (Lipinski definition) is 8. The molecule has 3 aromatic rings. The lowest BCUT2D eigenvalue weighted by atomic mass is 9.90. The van der Waals surface area contributed by atoms with E-state index in [1.54, 1.807) is 30.3 Å². The van der Waals surface area contributed by atoms with Gasteiger partial charge in [0, 0.05) is 54.4 Å². The van der Waals surface area contributed by atoms with Gasteiger partial charge in [0.15, 0.2) is 0 Å². The Morgan fingerprint density at radius 3 is 2.00 bits per heavy atom. The van der Waals surface area contributed by atoms with Crippen molar-refractivity contribution in [3.63, 3.8) is 0 Å². The number of nitrogens with zero attached hydrogens (tertiary/aromatic N) is 5. The maximum Gasteiger partial charge on any atom is 0.263 e. The van der Waals surface area contributed by atoms with E-state index in [-0.39, 0.29) is 42.5 Å². The fraction of sp³-hybridized carbons (Fsp3) is 0.333. The van der Waals surface area contributed by atoms with Gasteiger partial charge < -0.3 is 20.0 Å². The largest absolute Gasteiger partial charge is 0.508 e. The van der Waals surface area contributed by atoms with Crippen LogP contribution >= 0.6 is 12.4 Å². The third-order valence-electron chi connectivity index (χ3n) is 7.33. The normalized spacial score (nSPS) is 12.4. The van der Waals surface area contributed by atoms with E-state index in [4.69, 9.17) is 4.99 Å². The second-order valence-corrected chi connectivity index (χ2v) is 10.7. The van der Waals surface area contributed by atoms with Crippen molar-refractivity contribution in [2.45, 2.75) is 19.5 Å². The Hall–Kier alpha value is -3.99. The van der Waals surface area contributed by atoms with Crippen LogP contribution < -0.4 is 22.0 Å². The van der Waals surface area contributed by atoms with Crippen LogP contribution in [0.3, 0.4) is 0 Å². The fourth-order valence-electron chi connectivity index (χ4n) is 5.16. The number of rotatable bonds is 9. The Bertz CT molecular complexity index is 1900. The maximum absolute atomic E-state index is 13.9. The highest BCUT2D eigenvalue weighted by atomic mass is 35.5. The molecule has 10 nitrogen and oxygen atoms in total. The van der Waals surface area contributed by atoms with Gasteiger partial charge in [0.25, 0.3) is 16.7 Å². The van der Waals surface area contributed by atoms with Crippen LogP contribution in [-0.2, 0) is 19.5 Å². The average molecular weight is 580 g/mol. The molecule has 2 aromatic carbocycles. The van der Waals surface area contributed by atoms with E-state index in [1.165, 1.54) is 9.13 Å². The highest BCUT2D eigenvalue weighted by Crippen LogP contribution is 2.36. The van der Waals surface area contributed by atoms with Gasteiger partial charge >= 0.3 is 0 Å². The number of aromatic nitrogens is 2.